The van der Waals surface area contributed by atoms with Crippen LogP contribution in [-0.2, 0) is 0 Å². The summed E-state index contributed by atoms with van der Waals surface area (Å²) in [6, 6.07) is 21.7. The number of carbonyl (C=O) groups excluding carboxylic acids is 1. The first-order valence-electron chi connectivity index (χ1n) is 10.1. The summed E-state index contributed by atoms with van der Waals surface area (Å²) in [5.41, 5.74) is 5.53. The summed E-state index contributed by atoms with van der Waals surface area (Å²) in [6.07, 6.45) is 2.11. The number of amides is 1. The minimum absolute atomic E-state index is 0.0384. The van der Waals surface area contributed by atoms with Gasteiger partial charge in [-0.3, -0.25) is 4.79 Å². The third-order valence-corrected chi connectivity index (χ3v) is 5.50. The van der Waals surface area contributed by atoms with Crippen molar-refractivity contribution in [1.82, 2.24) is 15.3 Å². The Morgan fingerprint density at radius 1 is 1.00 bits per heavy atom. The Kier molecular flexibility index (Phi) is 4.43. The molecule has 0 unspecified atom stereocenters. The van der Waals surface area contributed by atoms with Gasteiger partial charge in [0, 0.05) is 22.6 Å². The van der Waals surface area contributed by atoms with E-state index in [4.69, 9.17) is 0 Å². The number of rotatable bonds is 4. The number of aromatic amines is 1. The van der Waals surface area contributed by atoms with Gasteiger partial charge in [-0.15, -0.1) is 0 Å². The molecule has 0 aliphatic heterocycles. The molecule has 1 aliphatic rings. The molecule has 3 aromatic carbocycles. The number of carbonyl (C=O) groups is 1. The summed E-state index contributed by atoms with van der Waals surface area (Å²) in [5.74, 6) is -0.0384. The van der Waals surface area contributed by atoms with Crippen molar-refractivity contribution in [2.24, 2.45) is 0 Å². The van der Waals surface area contributed by atoms with Crippen LogP contribution in [0.3, 0.4) is 0 Å². The number of fused-ring (bicyclic) bond motifs is 1. The second kappa shape index (κ2) is 7.26. The molecular formula is C25H21N3O2. The number of hydrogen-bond donors (Lipinski definition) is 2. The molecule has 2 N–H and O–H groups in total. The van der Waals surface area contributed by atoms with E-state index in [0.29, 0.717) is 17.3 Å². The van der Waals surface area contributed by atoms with Crippen LogP contribution in [0.25, 0.3) is 33.3 Å². The number of hydrogen-bond acceptors (Lipinski definition) is 3. The number of H-pyrrole nitrogens is 1. The largest absolute Gasteiger partial charge is 0.349 e. The van der Waals surface area contributed by atoms with Gasteiger partial charge in [-0.1, -0.05) is 48.5 Å². The molecule has 30 heavy (non-hydrogen) atoms. The molecule has 1 aliphatic carbocycles. The molecule has 1 aromatic heterocycles. The van der Waals surface area contributed by atoms with Gasteiger partial charge in [0.05, 0.1) is 11.2 Å². The lowest BCUT2D eigenvalue weighted by atomic mass is 9.96. The van der Waals surface area contributed by atoms with Crippen molar-refractivity contribution < 1.29 is 4.79 Å². The first-order valence-corrected chi connectivity index (χ1v) is 10.1. The van der Waals surface area contributed by atoms with Crippen LogP contribution in [-0.4, -0.2) is 21.9 Å². The molecule has 4 aromatic rings. The van der Waals surface area contributed by atoms with Gasteiger partial charge >= 0.3 is 5.69 Å². The maximum absolute atomic E-state index is 12.5. The molecule has 1 heterocycles. The van der Waals surface area contributed by atoms with Crippen LogP contribution in [0.15, 0.2) is 71.5 Å². The van der Waals surface area contributed by atoms with Crippen LogP contribution < -0.4 is 11.0 Å². The van der Waals surface area contributed by atoms with Crippen LogP contribution in [0.4, 0.5) is 0 Å². The second-order valence-corrected chi connectivity index (χ2v) is 7.79. The highest BCUT2D eigenvalue weighted by molar-refractivity contribution is 5.97. The van der Waals surface area contributed by atoms with Crippen molar-refractivity contribution in [3.05, 3.63) is 88.3 Å². The zero-order valence-electron chi connectivity index (χ0n) is 16.6. The van der Waals surface area contributed by atoms with E-state index in [9.17, 15) is 9.59 Å². The van der Waals surface area contributed by atoms with Gasteiger partial charge in [-0.2, -0.15) is 4.98 Å². The van der Waals surface area contributed by atoms with Crippen molar-refractivity contribution >= 4 is 16.8 Å². The predicted octanol–water partition coefficient (Wildman–Crippen LogP) is 4.46. The van der Waals surface area contributed by atoms with Crippen molar-refractivity contribution in [1.29, 1.82) is 0 Å². The average molecular weight is 395 g/mol. The number of nitrogens with one attached hydrogen (secondary N) is 2. The van der Waals surface area contributed by atoms with Crippen molar-refractivity contribution in [2.75, 3.05) is 0 Å². The fourth-order valence-corrected chi connectivity index (χ4v) is 3.71. The minimum Gasteiger partial charge on any atom is -0.349 e. The Morgan fingerprint density at radius 3 is 2.57 bits per heavy atom. The first-order chi connectivity index (χ1) is 14.6. The Morgan fingerprint density at radius 2 is 1.80 bits per heavy atom. The first kappa shape index (κ1) is 18.3. The fourth-order valence-electron chi connectivity index (χ4n) is 3.71. The third-order valence-electron chi connectivity index (χ3n) is 5.50. The van der Waals surface area contributed by atoms with Gasteiger partial charge in [0.15, 0.2) is 0 Å². The molecule has 1 amide bonds. The Balaban J connectivity index is 1.60. The van der Waals surface area contributed by atoms with Crippen LogP contribution in [0.5, 0.6) is 0 Å². The second-order valence-electron chi connectivity index (χ2n) is 7.79. The molecule has 148 valence electrons. The molecule has 0 saturated heterocycles. The normalized spacial score (nSPS) is 13.4. The summed E-state index contributed by atoms with van der Waals surface area (Å²) in [7, 11) is 0. The van der Waals surface area contributed by atoms with E-state index in [0.717, 1.165) is 46.0 Å². The van der Waals surface area contributed by atoms with E-state index in [1.165, 1.54) is 0 Å². The molecule has 0 spiro atoms. The highest BCUT2D eigenvalue weighted by Crippen LogP contribution is 2.30. The molecular weight excluding hydrogens is 374 g/mol. The summed E-state index contributed by atoms with van der Waals surface area (Å²) in [6.45, 7) is 2.02. The smallest absolute Gasteiger partial charge is 0.345 e. The third kappa shape index (κ3) is 3.50. The molecule has 1 saturated carbocycles. The zero-order chi connectivity index (χ0) is 20.7. The zero-order valence-corrected chi connectivity index (χ0v) is 16.6. The van der Waals surface area contributed by atoms with Gasteiger partial charge in [-0.25, -0.2) is 4.79 Å². The monoisotopic (exact) mass is 395 g/mol. The predicted molar refractivity (Wildman–Crippen MR) is 118 cm³/mol. The van der Waals surface area contributed by atoms with Crippen LogP contribution >= 0.6 is 0 Å². The lowest BCUT2D eigenvalue weighted by Gasteiger charge is -2.12. The van der Waals surface area contributed by atoms with Crippen LogP contribution in [0, 0.1) is 6.92 Å². The minimum atomic E-state index is -0.382. The highest BCUT2D eigenvalue weighted by atomic mass is 16.2. The van der Waals surface area contributed by atoms with Gasteiger partial charge < -0.3 is 10.3 Å². The summed E-state index contributed by atoms with van der Waals surface area (Å²) in [4.78, 5) is 31.8. The average Bonchev–Trinajstić information content (AvgIpc) is 3.57. The van der Waals surface area contributed by atoms with Crippen molar-refractivity contribution in [3.63, 3.8) is 0 Å². The van der Waals surface area contributed by atoms with Crippen molar-refractivity contribution in [3.8, 4) is 22.4 Å². The molecule has 0 atom stereocenters. The Hall–Kier alpha value is -3.73. The fraction of sp³-hybridized carbons (Fsp3) is 0.160. The quantitative estimate of drug-likeness (QED) is 0.536. The van der Waals surface area contributed by atoms with E-state index in [1.807, 2.05) is 73.7 Å². The molecule has 5 nitrogen and oxygen atoms in total. The lowest BCUT2D eigenvalue weighted by molar-refractivity contribution is 0.0951. The van der Waals surface area contributed by atoms with Gasteiger partial charge in [0.1, 0.15) is 0 Å². The number of aryl methyl sites for hydroxylation is 1. The van der Waals surface area contributed by atoms with E-state index in [-0.39, 0.29) is 11.6 Å². The SMILES string of the molecule is Cc1ccc(C(=O)NC2CC2)cc1-c1ccc2c(-c3ccccc3)nc(=O)[nH]c2c1. The van der Waals surface area contributed by atoms with Gasteiger partial charge in [-0.05, 0) is 54.7 Å². The van der Waals surface area contributed by atoms with Gasteiger partial charge in [0.25, 0.3) is 5.91 Å². The van der Waals surface area contributed by atoms with E-state index >= 15 is 0 Å². The molecule has 5 rings (SSSR count). The standard InChI is InChI=1S/C25H21N3O2/c1-15-7-8-18(24(29)26-19-10-11-19)13-21(15)17-9-12-20-22(14-17)27-25(30)28-23(20)16-5-3-2-4-6-16/h2-9,12-14,19H,10-11H2,1H3,(H,26,29)(H,27,28,30). The molecule has 1 fully saturated rings. The summed E-state index contributed by atoms with van der Waals surface area (Å²) in [5, 5.41) is 3.92. The van der Waals surface area contributed by atoms with E-state index < -0.39 is 0 Å². The Bertz CT molecular complexity index is 1320. The maximum atomic E-state index is 12.5. The van der Waals surface area contributed by atoms with E-state index in [2.05, 4.69) is 15.3 Å². The van der Waals surface area contributed by atoms with Crippen LogP contribution in [0.2, 0.25) is 0 Å². The summed E-state index contributed by atoms with van der Waals surface area (Å²) < 4.78 is 0. The molecule has 5 heteroatoms. The van der Waals surface area contributed by atoms with Gasteiger partial charge in [0.2, 0.25) is 0 Å². The van der Waals surface area contributed by atoms with Crippen LogP contribution in [0.1, 0.15) is 28.8 Å². The van der Waals surface area contributed by atoms with E-state index in [1.54, 1.807) is 0 Å². The number of nitrogens with zero attached hydrogens (tertiary/aromatic N) is 1. The topological polar surface area (TPSA) is 74.8 Å². The molecule has 0 bridgehead atoms. The number of benzene rings is 3. The Labute approximate surface area is 173 Å². The molecule has 0 radical (unpaired) electrons. The maximum Gasteiger partial charge on any atom is 0.345 e. The summed E-state index contributed by atoms with van der Waals surface area (Å²) >= 11 is 0. The number of aromatic nitrogens is 2. The lowest BCUT2D eigenvalue weighted by Crippen LogP contribution is -2.25. The highest BCUT2D eigenvalue weighted by Gasteiger charge is 2.24. The van der Waals surface area contributed by atoms with Crippen molar-refractivity contribution in [2.45, 2.75) is 25.8 Å².